The number of carbonyl (C=O) groups is 1. The van der Waals surface area contributed by atoms with Crippen LogP contribution < -0.4 is 10.5 Å². The number of amides is 1. The summed E-state index contributed by atoms with van der Waals surface area (Å²) >= 11 is 0. The Kier molecular flexibility index (Phi) is 5.70. The van der Waals surface area contributed by atoms with Crippen LogP contribution in [0, 0.1) is 5.92 Å². The Balaban J connectivity index is 1.68. The second kappa shape index (κ2) is 7.99. The summed E-state index contributed by atoms with van der Waals surface area (Å²) in [5.41, 5.74) is 1.74. The van der Waals surface area contributed by atoms with Gasteiger partial charge in [0.15, 0.2) is 0 Å². The van der Waals surface area contributed by atoms with Gasteiger partial charge < -0.3 is 10.1 Å². The maximum Gasteiger partial charge on any atom is 0.251 e. The van der Waals surface area contributed by atoms with Gasteiger partial charge in [0, 0.05) is 30.9 Å². The van der Waals surface area contributed by atoms with Crippen LogP contribution in [0.3, 0.4) is 0 Å². The molecule has 6 nitrogen and oxygen atoms in total. The van der Waals surface area contributed by atoms with Crippen LogP contribution in [0.15, 0.2) is 53.4 Å². The van der Waals surface area contributed by atoms with Crippen molar-refractivity contribution in [2.24, 2.45) is 11.1 Å². The van der Waals surface area contributed by atoms with E-state index in [2.05, 4.69) is 5.32 Å². The highest BCUT2D eigenvalue weighted by Crippen LogP contribution is 2.26. The lowest BCUT2D eigenvalue weighted by molar-refractivity contribution is 0.0950. The molecule has 3 rings (SSSR count). The van der Waals surface area contributed by atoms with Crippen molar-refractivity contribution in [2.75, 3.05) is 19.8 Å². The SMILES string of the molecule is NS(=O)(=O)c1ccccc1-c1ccc(C(=O)NCC[C@H]2CCOC2)cc1. The van der Waals surface area contributed by atoms with Gasteiger partial charge in [0.25, 0.3) is 5.91 Å². The minimum atomic E-state index is -3.82. The van der Waals surface area contributed by atoms with Crippen LogP contribution in [0.5, 0.6) is 0 Å². The van der Waals surface area contributed by atoms with Gasteiger partial charge in [-0.1, -0.05) is 30.3 Å². The Morgan fingerprint density at radius 2 is 1.88 bits per heavy atom. The monoisotopic (exact) mass is 374 g/mol. The molecule has 0 saturated carbocycles. The van der Waals surface area contributed by atoms with E-state index in [9.17, 15) is 13.2 Å². The number of benzene rings is 2. The van der Waals surface area contributed by atoms with E-state index in [0.29, 0.717) is 29.2 Å². The number of carbonyl (C=O) groups excluding carboxylic acids is 1. The second-order valence-corrected chi connectivity index (χ2v) is 7.92. The van der Waals surface area contributed by atoms with Gasteiger partial charge in [0.05, 0.1) is 4.90 Å². The first-order chi connectivity index (χ1) is 12.4. The van der Waals surface area contributed by atoms with Gasteiger partial charge in [-0.3, -0.25) is 4.79 Å². The number of primary sulfonamides is 1. The second-order valence-electron chi connectivity index (χ2n) is 6.39. The third kappa shape index (κ3) is 4.49. The van der Waals surface area contributed by atoms with E-state index in [4.69, 9.17) is 9.88 Å². The van der Waals surface area contributed by atoms with Crippen molar-refractivity contribution < 1.29 is 17.9 Å². The molecule has 3 N–H and O–H groups in total. The zero-order valence-electron chi connectivity index (χ0n) is 14.4. The van der Waals surface area contributed by atoms with Crippen LogP contribution in [0.1, 0.15) is 23.2 Å². The molecule has 1 heterocycles. The molecule has 1 aliphatic heterocycles. The maximum absolute atomic E-state index is 12.2. The molecule has 0 aliphatic carbocycles. The Morgan fingerprint density at radius 1 is 1.15 bits per heavy atom. The van der Waals surface area contributed by atoms with E-state index in [0.717, 1.165) is 26.1 Å². The van der Waals surface area contributed by atoms with Gasteiger partial charge in [-0.15, -0.1) is 0 Å². The lowest BCUT2D eigenvalue weighted by atomic mass is 10.0. The van der Waals surface area contributed by atoms with Gasteiger partial charge in [0.1, 0.15) is 0 Å². The predicted molar refractivity (Wildman–Crippen MR) is 99.1 cm³/mol. The largest absolute Gasteiger partial charge is 0.381 e. The van der Waals surface area contributed by atoms with E-state index >= 15 is 0 Å². The number of ether oxygens (including phenoxy) is 1. The van der Waals surface area contributed by atoms with Gasteiger partial charge in [-0.05, 0) is 42.5 Å². The third-order valence-electron chi connectivity index (χ3n) is 4.51. The fraction of sp³-hybridized carbons (Fsp3) is 0.316. The van der Waals surface area contributed by atoms with Crippen molar-refractivity contribution in [2.45, 2.75) is 17.7 Å². The molecule has 26 heavy (non-hydrogen) atoms. The van der Waals surface area contributed by atoms with Crippen LogP contribution >= 0.6 is 0 Å². The molecule has 1 amide bonds. The van der Waals surface area contributed by atoms with Crippen molar-refractivity contribution in [1.82, 2.24) is 5.32 Å². The van der Waals surface area contributed by atoms with Gasteiger partial charge in [-0.2, -0.15) is 0 Å². The van der Waals surface area contributed by atoms with E-state index in [1.54, 1.807) is 42.5 Å². The molecule has 1 fully saturated rings. The van der Waals surface area contributed by atoms with Gasteiger partial charge >= 0.3 is 0 Å². The highest BCUT2D eigenvalue weighted by atomic mass is 32.2. The number of nitrogens with one attached hydrogen (secondary N) is 1. The smallest absolute Gasteiger partial charge is 0.251 e. The first kappa shape index (κ1) is 18.6. The van der Waals surface area contributed by atoms with E-state index in [1.165, 1.54) is 6.07 Å². The molecule has 1 saturated heterocycles. The first-order valence-corrected chi connectivity index (χ1v) is 10.1. The van der Waals surface area contributed by atoms with Crippen LogP contribution in [-0.2, 0) is 14.8 Å². The number of nitrogens with two attached hydrogens (primary N) is 1. The molecule has 0 bridgehead atoms. The fourth-order valence-electron chi connectivity index (χ4n) is 3.06. The van der Waals surface area contributed by atoms with Gasteiger partial charge in [-0.25, -0.2) is 13.6 Å². The van der Waals surface area contributed by atoms with Crippen molar-refractivity contribution >= 4 is 15.9 Å². The highest BCUT2D eigenvalue weighted by molar-refractivity contribution is 7.89. The average Bonchev–Trinajstić information content (AvgIpc) is 3.14. The summed E-state index contributed by atoms with van der Waals surface area (Å²) in [6.07, 6.45) is 1.96. The molecule has 0 unspecified atom stereocenters. The molecular formula is C19H22N2O4S. The van der Waals surface area contributed by atoms with E-state index in [1.807, 2.05) is 0 Å². The summed E-state index contributed by atoms with van der Waals surface area (Å²) in [6, 6.07) is 13.4. The lowest BCUT2D eigenvalue weighted by Crippen LogP contribution is -2.26. The molecule has 138 valence electrons. The fourth-order valence-corrected chi connectivity index (χ4v) is 3.82. The summed E-state index contributed by atoms with van der Waals surface area (Å²) in [5, 5.41) is 8.19. The summed E-state index contributed by atoms with van der Waals surface area (Å²) in [7, 11) is -3.82. The van der Waals surface area contributed by atoms with E-state index in [-0.39, 0.29) is 10.8 Å². The predicted octanol–water partition coefficient (Wildman–Crippen LogP) is 2.16. The van der Waals surface area contributed by atoms with Crippen LogP contribution in [0.4, 0.5) is 0 Å². The summed E-state index contributed by atoms with van der Waals surface area (Å²) in [5.74, 6) is 0.377. The van der Waals surface area contributed by atoms with Crippen LogP contribution in [0.2, 0.25) is 0 Å². The topological polar surface area (TPSA) is 98.5 Å². The van der Waals surface area contributed by atoms with Gasteiger partial charge in [0.2, 0.25) is 10.0 Å². The average molecular weight is 374 g/mol. The van der Waals surface area contributed by atoms with Crippen molar-refractivity contribution in [3.63, 3.8) is 0 Å². The number of rotatable bonds is 6. The zero-order valence-corrected chi connectivity index (χ0v) is 15.2. The minimum Gasteiger partial charge on any atom is -0.381 e. The molecule has 2 aromatic rings. The Labute approximate surface area is 153 Å². The molecule has 0 radical (unpaired) electrons. The highest BCUT2D eigenvalue weighted by Gasteiger charge is 2.16. The Morgan fingerprint density at radius 3 is 2.54 bits per heavy atom. The standard InChI is InChI=1S/C19H22N2O4S/c20-26(23,24)18-4-2-1-3-17(18)15-5-7-16(8-6-15)19(22)21-11-9-14-10-12-25-13-14/h1-8,14H,9-13H2,(H,21,22)(H2,20,23,24)/t14-/m0/s1. The Bertz CT molecular complexity index is 873. The van der Waals surface area contributed by atoms with Crippen molar-refractivity contribution in [3.05, 3.63) is 54.1 Å². The Hall–Kier alpha value is -2.22. The molecule has 1 atom stereocenters. The molecule has 7 heteroatoms. The number of hydrogen-bond acceptors (Lipinski definition) is 4. The quantitative estimate of drug-likeness (QED) is 0.809. The normalized spacial score (nSPS) is 17.2. The third-order valence-corrected chi connectivity index (χ3v) is 5.48. The maximum atomic E-state index is 12.2. The molecule has 0 aromatic heterocycles. The number of sulfonamides is 1. The van der Waals surface area contributed by atoms with E-state index < -0.39 is 10.0 Å². The van der Waals surface area contributed by atoms with Crippen LogP contribution in [0.25, 0.3) is 11.1 Å². The summed E-state index contributed by atoms with van der Waals surface area (Å²) < 4.78 is 28.8. The minimum absolute atomic E-state index is 0.0657. The number of hydrogen-bond donors (Lipinski definition) is 2. The zero-order chi connectivity index (χ0) is 18.6. The molecule has 2 aromatic carbocycles. The van der Waals surface area contributed by atoms with Crippen LogP contribution in [-0.4, -0.2) is 34.1 Å². The summed E-state index contributed by atoms with van der Waals surface area (Å²) in [4.78, 5) is 12.3. The summed E-state index contributed by atoms with van der Waals surface area (Å²) in [6.45, 7) is 2.19. The van der Waals surface area contributed by atoms with Crippen molar-refractivity contribution in [3.8, 4) is 11.1 Å². The molecular weight excluding hydrogens is 352 g/mol. The first-order valence-electron chi connectivity index (χ1n) is 8.53. The molecule has 1 aliphatic rings. The molecule has 0 spiro atoms. The van der Waals surface area contributed by atoms with Crippen molar-refractivity contribution in [1.29, 1.82) is 0 Å². The lowest BCUT2D eigenvalue weighted by Gasteiger charge is -2.10.